The third-order valence-corrected chi connectivity index (χ3v) is 6.67. The van der Waals surface area contributed by atoms with Crippen molar-refractivity contribution < 1.29 is 13.6 Å². The number of amides is 1. The number of aromatic nitrogens is 4. The molecule has 5 aromatic rings. The van der Waals surface area contributed by atoms with Gasteiger partial charge in [-0.2, -0.15) is 5.10 Å². The molecule has 0 saturated heterocycles. The Labute approximate surface area is 256 Å². The minimum absolute atomic E-state index is 0.0949. The summed E-state index contributed by atoms with van der Waals surface area (Å²) in [5.74, 6) is -2.22. The quantitative estimate of drug-likeness (QED) is 0.216. The predicted molar refractivity (Wildman–Crippen MR) is 167 cm³/mol. The lowest BCUT2D eigenvalue weighted by Crippen LogP contribution is -2.34. The Hall–Kier alpha value is -5.00. The van der Waals surface area contributed by atoms with E-state index in [1.807, 2.05) is 50.5 Å². The number of carbonyl (C=O) groups excluding carboxylic acids is 1. The molecular weight excluding hydrogens is 588 g/mol. The van der Waals surface area contributed by atoms with E-state index < -0.39 is 23.1 Å². The van der Waals surface area contributed by atoms with Gasteiger partial charge in [0.05, 0.1) is 12.1 Å². The van der Waals surface area contributed by atoms with E-state index >= 15 is 0 Å². The van der Waals surface area contributed by atoms with Gasteiger partial charge in [0.1, 0.15) is 5.56 Å². The standard InChI is InChI=1S/C32H28ClF2N7O2/c1-41(2)18-21-5-3-7-24(14-21)38-32-37-17-23-13-20(9-11-28(23)39-32)6-4-12-36-30(43)25-16-29(33)40-42(31(25)44)19-22-8-10-26(34)27(35)15-22/h3-11,13-17H,12,18-19H2,1-2H3,(H,36,43)(H,37,38,39). The van der Waals surface area contributed by atoms with Gasteiger partial charge < -0.3 is 15.5 Å². The first-order valence-corrected chi connectivity index (χ1v) is 14.0. The van der Waals surface area contributed by atoms with Crippen molar-refractivity contribution in [3.05, 3.63) is 128 Å². The highest BCUT2D eigenvalue weighted by Crippen LogP contribution is 2.20. The van der Waals surface area contributed by atoms with E-state index in [-0.39, 0.29) is 29.4 Å². The number of halogens is 3. The number of nitrogens with zero attached hydrogens (tertiary/aromatic N) is 5. The molecule has 44 heavy (non-hydrogen) atoms. The summed E-state index contributed by atoms with van der Waals surface area (Å²) in [5, 5.41) is 10.6. The highest BCUT2D eigenvalue weighted by Gasteiger charge is 2.15. The molecule has 224 valence electrons. The van der Waals surface area contributed by atoms with Crippen molar-refractivity contribution in [2.75, 3.05) is 26.0 Å². The number of rotatable bonds is 10. The average molecular weight is 616 g/mol. The summed E-state index contributed by atoms with van der Waals surface area (Å²) in [4.78, 5) is 36.8. The molecule has 2 aromatic heterocycles. The summed E-state index contributed by atoms with van der Waals surface area (Å²) >= 11 is 6.04. The second-order valence-electron chi connectivity index (χ2n) is 10.3. The molecule has 1 amide bonds. The number of carbonyl (C=O) groups is 1. The molecule has 0 saturated carbocycles. The first-order chi connectivity index (χ1) is 21.1. The smallest absolute Gasteiger partial charge is 0.280 e. The molecule has 0 aliphatic carbocycles. The summed E-state index contributed by atoms with van der Waals surface area (Å²) in [6, 6.07) is 18.2. The van der Waals surface area contributed by atoms with E-state index in [0.29, 0.717) is 5.95 Å². The van der Waals surface area contributed by atoms with Crippen LogP contribution in [0.2, 0.25) is 5.15 Å². The summed E-state index contributed by atoms with van der Waals surface area (Å²) in [7, 11) is 4.04. The molecule has 12 heteroatoms. The Balaban J connectivity index is 1.21. The van der Waals surface area contributed by atoms with Crippen LogP contribution in [0.3, 0.4) is 0 Å². The van der Waals surface area contributed by atoms with Gasteiger partial charge in [-0.05, 0) is 73.3 Å². The van der Waals surface area contributed by atoms with Gasteiger partial charge in [0.2, 0.25) is 5.95 Å². The molecule has 0 aliphatic heterocycles. The van der Waals surface area contributed by atoms with Crippen molar-refractivity contribution in [3.63, 3.8) is 0 Å². The summed E-state index contributed by atoms with van der Waals surface area (Å²) in [6.45, 7) is 0.767. The van der Waals surface area contributed by atoms with Crippen LogP contribution >= 0.6 is 11.6 Å². The molecule has 3 aromatic carbocycles. The zero-order valence-electron chi connectivity index (χ0n) is 23.9. The van der Waals surface area contributed by atoms with E-state index in [0.717, 1.165) is 51.6 Å². The Morgan fingerprint density at radius 3 is 2.66 bits per heavy atom. The van der Waals surface area contributed by atoms with Crippen LogP contribution in [0.15, 0.2) is 83.8 Å². The second kappa shape index (κ2) is 13.5. The molecular formula is C32H28ClF2N7O2. The van der Waals surface area contributed by atoms with Crippen molar-refractivity contribution in [3.8, 4) is 0 Å². The Morgan fingerprint density at radius 1 is 1.02 bits per heavy atom. The van der Waals surface area contributed by atoms with E-state index in [1.165, 1.54) is 11.6 Å². The Kier molecular flexibility index (Phi) is 9.37. The number of benzene rings is 3. The molecule has 0 bridgehead atoms. The fourth-order valence-corrected chi connectivity index (χ4v) is 4.69. The highest BCUT2D eigenvalue weighted by molar-refractivity contribution is 6.29. The summed E-state index contributed by atoms with van der Waals surface area (Å²) in [6.07, 6.45) is 5.30. The fourth-order valence-electron chi connectivity index (χ4n) is 4.49. The zero-order valence-corrected chi connectivity index (χ0v) is 24.6. The lowest BCUT2D eigenvalue weighted by atomic mass is 10.1. The second-order valence-corrected chi connectivity index (χ2v) is 10.7. The third-order valence-electron chi connectivity index (χ3n) is 6.48. The van der Waals surface area contributed by atoms with Crippen LogP contribution in [0, 0.1) is 11.6 Å². The monoisotopic (exact) mass is 615 g/mol. The summed E-state index contributed by atoms with van der Waals surface area (Å²) < 4.78 is 27.8. The fraction of sp³-hybridized carbons (Fsp3) is 0.156. The lowest BCUT2D eigenvalue weighted by molar-refractivity contribution is 0.0955. The first-order valence-electron chi connectivity index (χ1n) is 13.6. The van der Waals surface area contributed by atoms with Crippen LogP contribution in [-0.4, -0.2) is 51.2 Å². The number of nitrogens with one attached hydrogen (secondary N) is 2. The zero-order chi connectivity index (χ0) is 31.2. The van der Waals surface area contributed by atoms with Crippen molar-refractivity contribution in [1.29, 1.82) is 0 Å². The number of hydrogen-bond donors (Lipinski definition) is 2. The third kappa shape index (κ3) is 7.68. The molecule has 0 atom stereocenters. The Bertz CT molecular complexity index is 1930. The minimum atomic E-state index is -1.06. The molecule has 0 fully saturated rings. The van der Waals surface area contributed by atoms with Crippen LogP contribution in [0.25, 0.3) is 17.0 Å². The van der Waals surface area contributed by atoms with Gasteiger partial charge in [0, 0.05) is 30.4 Å². The number of fused-ring (bicyclic) bond motifs is 1. The maximum Gasteiger partial charge on any atom is 0.280 e. The highest BCUT2D eigenvalue weighted by atomic mass is 35.5. The van der Waals surface area contributed by atoms with E-state index in [1.54, 1.807) is 12.3 Å². The predicted octanol–water partition coefficient (Wildman–Crippen LogP) is 5.41. The van der Waals surface area contributed by atoms with Crippen LogP contribution in [0.5, 0.6) is 0 Å². The number of anilines is 2. The number of hydrogen-bond acceptors (Lipinski definition) is 7. The largest absolute Gasteiger partial charge is 0.348 e. The minimum Gasteiger partial charge on any atom is -0.348 e. The molecule has 9 nitrogen and oxygen atoms in total. The molecule has 0 aliphatic rings. The first kappa shape index (κ1) is 30.5. The van der Waals surface area contributed by atoms with Crippen LogP contribution in [0.4, 0.5) is 20.4 Å². The van der Waals surface area contributed by atoms with Crippen molar-refractivity contribution in [2.45, 2.75) is 13.1 Å². The van der Waals surface area contributed by atoms with Gasteiger partial charge in [-0.3, -0.25) is 9.59 Å². The lowest BCUT2D eigenvalue weighted by Gasteiger charge is -2.11. The topological polar surface area (TPSA) is 105 Å². The van der Waals surface area contributed by atoms with E-state index in [2.05, 4.69) is 42.7 Å². The van der Waals surface area contributed by atoms with Gasteiger partial charge in [-0.1, -0.05) is 48.0 Å². The van der Waals surface area contributed by atoms with Crippen molar-refractivity contribution in [1.82, 2.24) is 30.0 Å². The molecule has 2 N–H and O–H groups in total. The van der Waals surface area contributed by atoms with Gasteiger partial charge in [-0.25, -0.2) is 23.4 Å². The van der Waals surface area contributed by atoms with Gasteiger partial charge in [0.15, 0.2) is 16.8 Å². The van der Waals surface area contributed by atoms with Gasteiger partial charge in [-0.15, -0.1) is 0 Å². The van der Waals surface area contributed by atoms with Gasteiger partial charge in [0.25, 0.3) is 11.5 Å². The molecule has 0 radical (unpaired) electrons. The van der Waals surface area contributed by atoms with Gasteiger partial charge >= 0.3 is 0 Å². The molecule has 0 spiro atoms. The van der Waals surface area contributed by atoms with Crippen LogP contribution < -0.4 is 16.2 Å². The maximum atomic E-state index is 13.6. The average Bonchev–Trinajstić information content (AvgIpc) is 2.98. The summed E-state index contributed by atoms with van der Waals surface area (Å²) in [5.41, 5.74) is 3.06. The van der Waals surface area contributed by atoms with E-state index in [4.69, 9.17) is 11.6 Å². The van der Waals surface area contributed by atoms with Crippen LogP contribution in [-0.2, 0) is 13.1 Å². The normalized spacial score (nSPS) is 11.4. The van der Waals surface area contributed by atoms with Crippen LogP contribution in [0.1, 0.15) is 27.0 Å². The SMILES string of the molecule is CN(C)Cc1cccc(Nc2ncc3cc(C=CCNC(=O)c4cc(Cl)nn(Cc5ccc(F)c(F)c5)c4=O)ccc3n2)c1. The maximum absolute atomic E-state index is 13.6. The van der Waals surface area contributed by atoms with Crippen molar-refractivity contribution >= 4 is 46.1 Å². The van der Waals surface area contributed by atoms with E-state index in [9.17, 15) is 18.4 Å². The molecule has 0 unspecified atom stereocenters. The Morgan fingerprint density at radius 2 is 1.86 bits per heavy atom. The molecule has 5 rings (SSSR count). The molecule has 2 heterocycles. The van der Waals surface area contributed by atoms with Crippen molar-refractivity contribution in [2.24, 2.45) is 0 Å².